The summed E-state index contributed by atoms with van der Waals surface area (Å²) in [5.74, 6) is -0.656. The molecule has 2 aromatic heterocycles. The van der Waals surface area contributed by atoms with Gasteiger partial charge in [-0.15, -0.1) is 0 Å². The van der Waals surface area contributed by atoms with Crippen molar-refractivity contribution in [3.05, 3.63) is 30.1 Å². The van der Waals surface area contributed by atoms with Gasteiger partial charge < -0.3 is 4.90 Å². The summed E-state index contributed by atoms with van der Waals surface area (Å²) >= 11 is 0. The average Bonchev–Trinajstić information content (AvgIpc) is 2.68. The number of rotatable bonds is 1. The minimum atomic E-state index is -4.38. The second-order valence-electron chi connectivity index (χ2n) is 4.30. The van der Waals surface area contributed by atoms with E-state index in [1.807, 2.05) is 0 Å². The van der Waals surface area contributed by atoms with Gasteiger partial charge in [0, 0.05) is 12.7 Å². The van der Waals surface area contributed by atoms with E-state index >= 15 is 0 Å². The van der Waals surface area contributed by atoms with Crippen molar-refractivity contribution < 1.29 is 18.0 Å². The lowest BCUT2D eigenvalue weighted by Gasteiger charge is -2.41. The fourth-order valence-corrected chi connectivity index (χ4v) is 2.12. The van der Waals surface area contributed by atoms with E-state index in [0.717, 1.165) is 4.90 Å². The number of aromatic nitrogens is 3. The molecule has 0 N–H and O–H groups in total. The molecule has 0 aliphatic carbocycles. The van der Waals surface area contributed by atoms with Gasteiger partial charge in [-0.3, -0.25) is 4.79 Å². The Bertz CT molecular complexity index is 636. The number of hydrogen-bond donors (Lipinski definition) is 0. The van der Waals surface area contributed by atoms with Crippen molar-refractivity contribution in [3.63, 3.8) is 0 Å². The third-order valence-corrected chi connectivity index (χ3v) is 3.19. The van der Waals surface area contributed by atoms with Gasteiger partial charge in [0.15, 0.2) is 0 Å². The van der Waals surface area contributed by atoms with E-state index in [1.165, 1.54) is 17.0 Å². The molecule has 1 fully saturated rings. The minimum Gasteiger partial charge on any atom is -0.326 e. The van der Waals surface area contributed by atoms with E-state index < -0.39 is 18.1 Å². The number of halogens is 3. The Morgan fingerprint density at radius 2 is 2.16 bits per heavy atom. The molecule has 1 unspecified atom stereocenters. The summed E-state index contributed by atoms with van der Waals surface area (Å²) in [4.78, 5) is 12.9. The molecule has 1 aliphatic heterocycles. The number of fused-ring (bicyclic) bond motifs is 1. The highest BCUT2D eigenvalue weighted by molar-refractivity contribution is 6.01. The van der Waals surface area contributed by atoms with Crippen LogP contribution in [0.15, 0.2) is 24.5 Å². The van der Waals surface area contributed by atoms with Gasteiger partial charge in [-0.25, -0.2) is 0 Å². The van der Waals surface area contributed by atoms with Crippen molar-refractivity contribution in [1.82, 2.24) is 19.7 Å². The Morgan fingerprint density at radius 1 is 1.37 bits per heavy atom. The smallest absolute Gasteiger partial charge is 0.326 e. The van der Waals surface area contributed by atoms with Crippen LogP contribution in [0.1, 0.15) is 16.8 Å². The Kier molecular flexibility index (Phi) is 2.48. The summed E-state index contributed by atoms with van der Waals surface area (Å²) in [5, 5.41) is 7.71. The van der Waals surface area contributed by atoms with E-state index in [9.17, 15) is 18.0 Å². The number of hydrogen-bond acceptors (Lipinski definition) is 3. The molecule has 1 aliphatic rings. The Hall–Kier alpha value is -2.12. The molecular weight excluding hydrogens is 261 g/mol. The summed E-state index contributed by atoms with van der Waals surface area (Å²) in [7, 11) is 0. The molecular formula is C11H9F3N4O. The van der Waals surface area contributed by atoms with Gasteiger partial charge in [-0.2, -0.15) is 28.0 Å². The zero-order valence-electron chi connectivity index (χ0n) is 9.63. The molecule has 0 bridgehead atoms. The first-order valence-electron chi connectivity index (χ1n) is 5.65. The number of amides is 1. The van der Waals surface area contributed by atoms with Crippen molar-refractivity contribution >= 4 is 11.4 Å². The Balaban J connectivity index is 1.93. The monoisotopic (exact) mass is 270 g/mol. The van der Waals surface area contributed by atoms with E-state index in [2.05, 4.69) is 10.2 Å². The maximum absolute atomic E-state index is 12.6. The Labute approximate surface area is 105 Å². The summed E-state index contributed by atoms with van der Waals surface area (Å²) in [5.41, 5.74) is 0.544. The molecule has 0 saturated carbocycles. The van der Waals surface area contributed by atoms with Crippen LogP contribution in [-0.4, -0.2) is 44.4 Å². The van der Waals surface area contributed by atoms with Crippen molar-refractivity contribution in [2.45, 2.75) is 18.6 Å². The number of carbonyl (C=O) groups is 1. The number of carbonyl (C=O) groups excluding carboxylic acids is 1. The van der Waals surface area contributed by atoms with Crippen molar-refractivity contribution in [1.29, 1.82) is 0 Å². The van der Waals surface area contributed by atoms with Gasteiger partial charge in [0.05, 0.1) is 11.8 Å². The fourth-order valence-electron chi connectivity index (χ4n) is 2.12. The molecule has 3 rings (SSSR count). The largest absolute Gasteiger partial charge is 0.408 e. The molecule has 100 valence electrons. The lowest BCUT2D eigenvalue weighted by atomic mass is 10.0. The van der Waals surface area contributed by atoms with Crippen LogP contribution in [0.25, 0.3) is 5.52 Å². The van der Waals surface area contributed by atoms with Crippen molar-refractivity contribution in [2.24, 2.45) is 0 Å². The summed E-state index contributed by atoms with van der Waals surface area (Å²) in [6, 6.07) is 1.51. The van der Waals surface area contributed by atoms with Gasteiger partial charge in [-0.1, -0.05) is 0 Å². The van der Waals surface area contributed by atoms with Crippen LogP contribution in [0.4, 0.5) is 13.2 Å². The molecule has 1 saturated heterocycles. The van der Waals surface area contributed by atoms with Crippen LogP contribution in [0.3, 0.4) is 0 Å². The van der Waals surface area contributed by atoms with Gasteiger partial charge in [-0.05, 0) is 18.6 Å². The predicted molar refractivity (Wildman–Crippen MR) is 58.5 cm³/mol. The summed E-state index contributed by atoms with van der Waals surface area (Å²) < 4.78 is 39.1. The van der Waals surface area contributed by atoms with Crippen molar-refractivity contribution in [2.75, 3.05) is 6.54 Å². The molecule has 2 aromatic rings. The Morgan fingerprint density at radius 3 is 2.79 bits per heavy atom. The summed E-state index contributed by atoms with van der Waals surface area (Å²) in [6.07, 6.45) is -1.70. The van der Waals surface area contributed by atoms with E-state index in [0.29, 0.717) is 5.52 Å². The second-order valence-corrected chi connectivity index (χ2v) is 4.30. The van der Waals surface area contributed by atoms with Crippen LogP contribution in [-0.2, 0) is 0 Å². The van der Waals surface area contributed by atoms with E-state index in [-0.39, 0.29) is 18.5 Å². The lowest BCUT2D eigenvalue weighted by molar-refractivity contribution is -0.199. The number of alkyl halides is 3. The maximum Gasteiger partial charge on any atom is 0.408 e. The molecule has 0 radical (unpaired) electrons. The SMILES string of the molecule is O=C(c1cnn2ncccc12)N1CCC1C(F)(F)F. The third kappa shape index (κ3) is 1.83. The highest BCUT2D eigenvalue weighted by Crippen LogP contribution is 2.34. The van der Waals surface area contributed by atoms with Crippen LogP contribution >= 0.6 is 0 Å². The summed E-state index contributed by atoms with van der Waals surface area (Å²) in [6.45, 7) is 0.112. The van der Waals surface area contributed by atoms with Crippen LogP contribution < -0.4 is 0 Å². The zero-order chi connectivity index (χ0) is 13.6. The molecule has 3 heterocycles. The lowest BCUT2D eigenvalue weighted by Crippen LogP contribution is -2.58. The highest BCUT2D eigenvalue weighted by Gasteiger charge is 2.51. The first-order valence-corrected chi connectivity index (χ1v) is 5.65. The van der Waals surface area contributed by atoms with Gasteiger partial charge >= 0.3 is 6.18 Å². The molecule has 5 nitrogen and oxygen atoms in total. The van der Waals surface area contributed by atoms with Crippen molar-refractivity contribution in [3.8, 4) is 0 Å². The maximum atomic E-state index is 12.6. The van der Waals surface area contributed by atoms with Gasteiger partial charge in [0.1, 0.15) is 11.6 Å². The van der Waals surface area contributed by atoms with Crippen LogP contribution in [0.5, 0.6) is 0 Å². The fraction of sp³-hybridized carbons (Fsp3) is 0.364. The van der Waals surface area contributed by atoms with E-state index in [4.69, 9.17) is 0 Å². The standard InChI is InChI=1S/C11H9F3N4O/c12-11(13,14)9-3-5-17(9)10(19)7-6-16-18-8(7)2-1-4-15-18/h1-2,4,6,9H,3,5H2. The van der Waals surface area contributed by atoms with Gasteiger partial charge in [0.25, 0.3) is 5.91 Å². The molecule has 1 amide bonds. The first kappa shape index (κ1) is 11.9. The average molecular weight is 270 g/mol. The van der Waals surface area contributed by atoms with E-state index in [1.54, 1.807) is 12.1 Å². The number of nitrogens with zero attached hydrogens (tertiary/aromatic N) is 4. The van der Waals surface area contributed by atoms with Crippen LogP contribution in [0, 0.1) is 0 Å². The molecule has 0 spiro atoms. The zero-order valence-corrected chi connectivity index (χ0v) is 9.63. The highest BCUT2D eigenvalue weighted by atomic mass is 19.4. The normalized spacial score (nSPS) is 19.5. The third-order valence-electron chi connectivity index (χ3n) is 3.19. The quantitative estimate of drug-likeness (QED) is 0.789. The predicted octanol–water partition coefficient (Wildman–Crippen LogP) is 1.51. The number of likely N-dealkylation sites (tertiary alicyclic amines) is 1. The first-order chi connectivity index (χ1) is 8.98. The molecule has 0 aromatic carbocycles. The molecule has 1 atom stereocenters. The molecule has 8 heteroatoms. The topological polar surface area (TPSA) is 50.5 Å². The molecule has 19 heavy (non-hydrogen) atoms. The van der Waals surface area contributed by atoms with Crippen LogP contribution in [0.2, 0.25) is 0 Å². The van der Waals surface area contributed by atoms with Gasteiger partial charge in [0.2, 0.25) is 0 Å². The minimum absolute atomic E-state index is 0.0489. The second kappa shape index (κ2) is 3.94.